The Morgan fingerprint density at radius 3 is 2.78 bits per heavy atom. The van der Waals surface area contributed by atoms with E-state index in [0.717, 1.165) is 12.8 Å². The average molecular weight is 267 g/mol. The number of sulfonamides is 1. The van der Waals surface area contributed by atoms with Crippen molar-refractivity contribution in [2.45, 2.75) is 30.7 Å². The lowest BCUT2D eigenvalue weighted by Crippen LogP contribution is -2.26. The second kappa shape index (κ2) is 5.07. The molecule has 1 aromatic rings. The normalized spacial score (nSPS) is 20.4. The highest BCUT2D eigenvalue weighted by Crippen LogP contribution is 2.22. The standard InChI is InChI=1S/C12H17N3O2S/c1-2-5-9(8-13)14-12-10-6-3-4-7-11(10)18(16,17)15-12/h3-4,6-7,9H,2,5,8,13H2,1H3,(H,14,15). The molecule has 18 heavy (non-hydrogen) atoms. The topological polar surface area (TPSA) is 84.5 Å². The van der Waals surface area contributed by atoms with Crippen molar-refractivity contribution in [2.75, 3.05) is 6.54 Å². The second-order valence-electron chi connectivity index (χ2n) is 4.26. The smallest absolute Gasteiger partial charge is 0.263 e. The molecule has 6 heteroatoms. The molecule has 0 bridgehead atoms. The minimum absolute atomic E-state index is 0.0427. The van der Waals surface area contributed by atoms with Gasteiger partial charge >= 0.3 is 0 Å². The van der Waals surface area contributed by atoms with E-state index in [9.17, 15) is 8.42 Å². The van der Waals surface area contributed by atoms with Gasteiger partial charge in [-0.25, -0.2) is 8.42 Å². The van der Waals surface area contributed by atoms with Crippen LogP contribution in [0.15, 0.2) is 34.2 Å². The molecule has 0 aliphatic carbocycles. The van der Waals surface area contributed by atoms with Crippen LogP contribution < -0.4 is 10.5 Å². The molecule has 1 heterocycles. The van der Waals surface area contributed by atoms with Crippen LogP contribution in [0.4, 0.5) is 0 Å². The van der Waals surface area contributed by atoms with Crippen molar-refractivity contribution in [1.29, 1.82) is 0 Å². The van der Waals surface area contributed by atoms with Gasteiger partial charge in [0.1, 0.15) is 5.84 Å². The lowest BCUT2D eigenvalue weighted by atomic mass is 10.1. The van der Waals surface area contributed by atoms with Gasteiger partial charge in [-0.3, -0.25) is 9.71 Å². The Labute approximate surface area is 107 Å². The number of benzene rings is 1. The fourth-order valence-corrected chi connectivity index (χ4v) is 3.22. The number of amidine groups is 1. The molecule has 1 atom stereocenters. The van der Waals surface area contributed by atoms with E-state index in [0.29, 0.717) is 17.9 Å². The summed E-state index contributed by atoms with van der Waals surface area (Å²) in [5, 5.41) is 0. The van der Waals surface area contributed by atoms with E-state index in [-0.39, 0.29) is 10.9 Å². The molecule has 0 fully saturated rings. The first-order valence-corrected chi connectivity index (χ1v) is 7.47. The Hall–Kier alpha value is -1.40. The summed E-state index contributed by atoms with van der Waals surface area (Å²) in [5.74, 6) is 0.412. The van der Waals surface area contributed by atoms with Crippen molar-refractivity contribution in [2.24, 2.45) is 10.7 Å². The van der Waals surface area contributed by atoms with Crippen LogP contribution in [-0.4, -0.2) is 26.8 Å². The van der Waals surface area contributed by atoms with E-state index >= 15 is 0 Å². The molecule has 3 N–H and O–H groups in total. The first-order valence-electron chi connectivity index (χ1n) is 5.98. The molecule has 1 aliphatic rings. The maximum Gasteiger partial charge on any atom is 0.263 e. The molecule has 0 radical (unpaired) electrons. The Morgan fingerprint density at radius 1 is 1.39 bits per heavy atom. The molecular formula is C12H17N3O2S. The van der Waals surface area contributed by atoms with Crippen molar-refractivity contribution in [3.63, 3.8) is 0 Å². The Kier molecular flexibility index (Phi) is 3.68. The van der Waals surface area contributed by atoms with E-state index < -0.39 is 10.0 Å². The molecule has 98 valence electrons. The van der Waals surface area contributed by atoms with Crippen molar-refractivity contribution in [1.82, 2.24) is 4.72 Å². The van der Waals surface area contributed by atoms with Gasteiger partial charge in [-0.05, 0) is 18.6 Å². The van der Waals surface area contributed by atoms with E-state index in [1.165, 1.54) is 0 Å². The predicted octanol–water partition coefficient (Wildman–Crippen LogP) is 0.852. The second-order valence-corrected chi connectivity index (χ2v) is 5.91. The minimum Gasteiger partial charge on any atom is -0.328 e. The lowest BCUT2D eigenvalue weighted by molar-refractivity contribution is 0.594. The quantitative estimate of drug-likeness (QED) is 0.848. The van der Waals surface area contributed by atoms with Gasteiger partial charge in [0.25, 0.3) is 10.0 Å². The third kappa shape index (κ3) is 2.39. The van der Waals surface area contributed by atoms with Gasteiger partial charge in [0.2, 0.25) is 0 Å². The van der Waals surface area contributed by atoms with Gasteiger partial charge in [-0.2, -0.15) is 0 Å². The molecule has 0 spiro atoms. The van der Waals surface area contributed by atoms with Gasteiger partial charge in [-0.1, -0.05) is 25.5 Å². The van der Waals surface area contributed by atoms with Gasteiger partial charge in [0, 0.05) is 12.1 Å². The zero-order chi connectivity index (χ0) is 13.2. The minimum atomic E-state index is -3.45. The first kappa shape index (κ1) is 13.0. The summed E-state index contributed by atoms with van der Waals surface area (Å²) in [6, 6.07) is 6.79. The molecular weight excluding hydrogens is 250 g/mol. The SMILES string of the molecule is CCCC(CN)N=C1NS(=O)(=O)c2ccccc21. The summed E-state index contributed by atoms with van der Waals surface area (Å²) >= 11 is 0. The van der Waals surface area contributed by atoms with Gasteiger partial charge in [0.15, 0.2) is 0 Å². The Balaban J connectivity index is 2.41. The number of fused-ring (bicyclic) bond motifs is 1. The number of hydrogen-bond donors (Lipinski definition) is 2. The summed E-state index contributed by atoms with van der Waals surface area (Å²) in [5.41, 5.74) is 6.27. The maximum absolute atomic E-state index is 11.9. The third-order valence-corrected chi connectivity index (χ3v) is 4.27. The van der Waals surface area contributed by atoms with E-state index in [1.807, 2.05) is 0 Å². The number of rotatable bonds is 4. The Bertz CT molecular complexity index is 566. The summed E-state index contributed by atoms with van der Waals surface area (Å²) in [7, 11) is -3.45. The molecule has 2 rings (SSSR count). The van der Waals surface area contributed by atoms with E-state index in [1.54, 1.807) is 24.3 Å². The summed E-state index contributed by atoms with van der Waals surface area (Å²) in [6.07, 6.45) is 1.82. The molecule has 5 nitrogen and oxygen atoms in total. The zero-order valence-electron chi connectivity index (χ0n) is 10.3. The van der Waals surface area contributed by atoms with Crippen LogP contribution in [0.2, 0.25) is 0 Å². The summed E-state index contributed by atoms with van der Waals surface area (Å²) in [4.78, 5) is 4.71. The highest BCUT2D eigenvalue weighted by Gasteiger charge is 2.30. The van der Waals surface area contributed by atoms with Crippen LogP contribution in [0.3, 0.4) is 0 Å². The number of nitrogens with zero attached hydrogens (tertiary/aromatic N) is 1. The lowest BCUT2D eigenvalue weighted by Gasteiger charge is -2.09. The number of nitrogens with one attached hydrogen (secondary N) is 1. The van der Waals surface area contributed by atoms with E-state index in [4.69, 9.17) is 5.73 Å². The molecule has 0 saturated heterocycles. The molecule has 1 unspecified atom stereocenters. The van der Waals surface area contributed by atoms with Gasteiger partial charge in [-0.15, -0.1) is 0 Å². The Morgan fingerprint density at radius 2 is 2.11 bits per heavy atom. The molecule has 0 aromatic heterocycles. The first-order chi connectivity index (χ1) is 8.58. The monoisotopic (exact) mass is 267 g/mol. The molecule has 1 aromatic carbocycles. The van der Waals surface area contributed by atoms with Crippen LogP contribution in [0.5, 0.6) is 0 Å². The zero-order valence-corrected chi connectivity index (χ0v) is 11.1. The van der Waals surface area contributed by atoms with Crippen molar-refractivity contribution >= 4 is 15.9 Å². The van der Waals surface area contributed by atoms with Crippen LogP contribution >= 0.6 is 0 Å². The molecule has 0 saturated carbocycles. The average Bonchev–Trinajstić information content (AvgIpc) is 2.61. The van der Waals surface area contributed by atoms with E-state index in [2.05, 4.69) is 16.6 Å². The summed E-state index contributed by atoms with van der Waals surface area (Å²) < 4.78 is 26.2. The van der Waals surface area contributed by atoms with Crippen LogP contribution in [-0.2, 0) is 10.0 Å². The van der Waals surface area contributed by atoms with Crippen molar-refractivity contribution in [3.8, 4) is 0 Å². The maximum atomic E-state index is 11.9. The number of aliphatic imine (C=N–C) groups is 1. The molecule has 0 amide bonds. The highest BCUT2D eigenvalue weighted by atomic mass is 32.2. The van der Waals surface area contributed by atoms with Crippen LogP contribution in [0.1, 0.15) is 25.3 Å². The predicted molar refractivity (Wildman–Crippen MR) is 71.1 cm³/mol. The van der Waals surface area contributed by atoms with Crippen LogP contribution in [0.25, 0.3) is 0 Å². The van der Waals surface area contributed by atoms with Gasteiger partial charge < -0.3 is 5.73 Å². The van der Waals surface area contributed by atoms with Crippen molar-refractivity contribution in [3.05, 3.63) is 29.8 Å². The fourth-order valence-electron chi connectivity index (χ4n) is 1.98. The molecule has 1 aliphatic heterocycles. The number of nitrogens with two attached hydrogens (primary N) is 1. The van der Waals surface area contributed by atoms with Crippen LogP contribution in [0, 0.1) is 0 Å². The third-order valence-electron chi connectivity index (χ3n) is 2.87. The van der Waals surface area contributed by atoms with Crippen molar-refractivity contribution < 1.29 is 8.42 Å². The highest BCUT2D eigenvalue weighted by molar-refractivity contribution is 7.90. The van der Waals surface area contributed by atoms with Gasteiger partial charge in [0.05, 0.1) is 10.9 Å². The fraction of sp³-hybridized carbons (Fsp3) is 0.417. The number of hydrogen-bond acceptors (Lipinski definition) is 4. The summed E-state index contributed by atoms with van der Waals surface area (Å²) in [6.45, 7) is 2.47. The largest absolute Gasteiger partial charge is 0.328 e.